The van der Waals surface area contributed by atoms with E-state index in [1.807, 2.05) is 0 Å². The highest BCUT2D eigenvalue weighted by Crippen LogP contribution is 2.65. The van der Waals surface area contributed by atoms with Crippen LogP contribution in [-0.2, 0) is 14.1 Å². The number of halogens is 3. The summed E-state index contributed by atoms with van der Waals surface area (Å²) in [4.78, 5) is 25.3. The maximum Gasteiger partial charge on any atom is 0.481 e. The molecule has 4 fully saturated rings. The van der Waals surface area contributed by atoms with E-state index in [-0.39, 0.29) is 56.1 Å². The van der Waals surface area contributed by atoms with Crippen LogP contribution in [0.2, 0.25) is 15.1 Å². The average molecular weight is 530 g/mol. The van der Waals surface area contributed by atoms with Crippen LogP contribution in [-0.4, -0.2) is 43.1 Å². The molecule has 0 aromatic heterocycles. The molecule has 2 bridgehead atoms. The zero-order valence-corrected chi connectivity index (χ0v) is 22.5. The van der Waals surface area contributed by atoms with Crippen LogP contribution in [0.15, 0.2) is 12.1 Å². The molecule has 4 aliphatic rings. The van der Waals surface area contributed by atoms with E-state index in [0.29, 0.717) is 24.2 Å². The van der Waals surface area contributed by atoms with Crippen molar-refractivity contribution in [2.24, 2.45) is 23.2 Å². The predicted molar refractivity (Wildman–Crippen MR) is 135 cm³/mol. The van der Waals surface area contributed by atoms with E-state index in [4.69, 9.17) is 44.1 Å². The van der Waals surface area contributed by atoms with Crippen LogP contribution in [0, 0.1) is 23.2 Å². The van der Waals surface area contributed by atoms with Crippen molar-refractivity contribution in [2.75, 3.05) is 6.54 Å². The Labute approximate surface area is 216 Å². The Hall–Kier alpha value is -0.985. The molecule has 186 valence electrons. The lowest BCUT2D eigenvalue weighted by atomic mass is 9.43. The van der Waals surface area contributed by atoms with E-state index in [0.717, 1.165) is 6.42 Å². The number of hydrogen-bond donors (Lipinski definition) is 2. The summed E-state index contributed by atoms with van der Waals surface area (Å²) in [6.45, 7) is 10.8. The molecule has 34 heavy (non-hydrogen) atoms. The van der Waals surface area contributed by atoms with E-state index in [2.05, 4.69) is 45.3 Å². The number of amides is 2. The SMILES string of the molecule is CC(C)C[C@H](NC(=O)CNC(=O)c1ccc(Cl)c(Cl)c1Cl)B1OC2C[C@@H]3C[C@@H](C3(C)C)[C@]2(C)O1. The van der Waals surface area contributed by atoms with Crippen LogP contribution < -0.4 is 10.6 Å². The van der Waals surface area contributed by atoms with Crippen LogP contribution in [0.25, 0.3) is 0 Å². The monoisotopic (exact) mass is 528 g/mol. The van der Waals surface area contributed by atoms with Gasteiger partial charge in [-0.25, -0.2) is 0 Å². The summed E-state index contributed by atoms with van der Waals surface area (Å²) in [7, 11) is -0.517. The summed E-state index contributed by atoms with van der Waals surface area (Å²) in [6, 6.07) is 2.96. The maximum atomic E-state index is 12.8. The highest BCUT2D eigenvalue weighted by atomic mass is 35.5. The number of hydrogen-bond acceptors (Lipinski definition) is 4. The van der Waals surface area contributed by atoms with Crippen LogP contribution >= 0.6 is 34.8 Å². The summed E-state index contributed by atoms with van der Waals surface area (Å²) >= 11 is 18.1. The predicted octanol–water partition coefficient (Wildman–Crippen LogP) is 5.18. The first kappa shape index (κ1) is 26.1. The summed E-state index contributed by atoms with van der Waals surface area (Å²) in [5.41, 5.74) is 0.0571. The third-order valence-electron chi connectivity index (χ3n) is 8.06. The minimum absolute atomic E-state index is 0.0392. The highest BCUT2D eigenvalue weighted by Gasteiger charge is 2.68. The zero-order valence-electron chi connectivity index (χ0n) is 20.2. The Morgan fingerprint density at radius 3 is 2.50 bits per heavy atom. The number of nitrogens with one attached hydrogen (secondary N) is 2. The minimum atomic E-state index is -0.517. The van der Waals surface area contributed by atoms with Crippen molar-refractivity contribution < 1.29 is 18.9 Å². The average Bonchev–Trinajstić information content (AvgIpc) is 3.12. The smallest absolute Gasteiger partial charge is 0.404 e. The lowest BCUT2D eigenvalue weighted by Gasteiger charge is -2.64. The normalized spacial score (nSPS) is 29.9. The Morgan fingerprint density at radius 2 is 1.85 bits per heavy atom. The third-order valence-corrected chi connectivity index (χ3v) is 9.35. The largest absolute Gasteiger partial charge is 0.481 e. The fraction of sp³-hybridized carbons (Fsp3) is 0.667. The van der Waals surface area contributed by atoms with Crippen molar-refractivity contribution in [3.63, 3.8) is 0 Å². The van der Waals surface area contributed by atoms with Crippen LogP contribution in [0.3, 0.4) is 0 Å². The summed E-state index contributed by atoms with van der Waals surface area (Å²) < 4.78 is 13.0. The van der Waals surface area contributed by atoms with Crippen LogP contribution in [0.5, 0.6) is 0 Å². The molecular weight excluding hydrogens is 497 g/mol. The second-order valence-electron chi connectivity index (χ2n) is 11.0. The van der Waals surface area contributed by atoms with Gasteiger partial charge in [0.25, 0.3) is 5.91 Å². The minimum Gasteiger partial charge on any atom is -0.404 e. The summed E-state index contributed by atoms with van der Waals surface area (Å²) in [5.74, 6) is 0.266. The lowest BCUT2D eigenvalue weighted by Crippen LogP contribution is -2.65. The number of benzene rings is 1. The Bertz CT molecular complexity index is 991. The highest BCUT2D eigenvalue weighted by molar-refractivity contribution is 6.49. The van der Waals surface area contributed by atoms with Gasteiger partial charge in [0.05, 0.1) is 44.8 Å². The fourth-order valence-electron chi connectivity index (χ4n) is 6.03. The summed E-state index contributed by atoms with van der Waals surface area (Å²) in [6.07, 6.45) is 2.89. The number of carbonyl (C=O) groups is 2. The van der Waals surface area contributed by atoms with E-state index >= 15 is 0 Å². The third kappa shape index (κ3) is 4.59. The maximum absolute atomic E-state index is 12.8. The van der Waals surface area contributed by atoms with E-state index in [9.17, 15) is 9.59 Å². The molecule has 1 aliphatic heterocycles. The van der Waals surface area contributed by atoms with E-state index in [1.54, 1.807) is 0 Å². The molecule has 0 spiro atoms. The van der Waals surface area contributed by atoms with E-state index in [1.165, 1.54) is 18.6 Å². The molecule has 1 unspecified atom stereocenters. The van der Waals surface area contributed by atoms with E-state index < -0.39 is 13.0 Å². The molecule has 2 amide bonds. The molecule has 0 radical (unpaired) electrons. The summed E-state index contributed by atoms with van der Waals surface area (Å²) in [5, 5.41) is 6.03. The van der Waals surface area contributed by atoms with Crippen molar-refractivity contribution in [1.29, 1.82) is 0 Å². The van der Waals surface area contributed by atoms with Crippen LogP contribution in [0.1, 0.15) is 64.2 Å². The molecule has 2 N–H and O–H groups in total. The Morgan fingerprint density at radius 1 is 1.15 bits per heavy atom. The van der Waals surface area contributed by atoms with Crippen molar-refractivity contribution >= 4 is 53.7 Å². The van der Waals surface area contributed by atoms with Crippen molar-refractivity contribution in [3.05, 3.63) is 32.8 Å². The second kappa shape index (κ2) is 9.47. The molecule has 3 aliphatic carbocycles. The molecule has 1 aromatic rings. The first-order chi connectivity index (χ1) is 15.8. The van der Waals surface area contributed by atoms with Gasteiger partial charge >= 0.3 is 7.12 Å². The quantitative estimate of drug-likeness (QED) is 0.377. The van der Waals surface area contributed by atoms with Gasteiger partial charge in [-0.3, -0.25) is 9.59 Å². The van der Waals surface area contributed by atoms with Gasteiger partial charge in [0.1, 0.15) is 0 Å². The topological polar surface area (TPSA) is 76.7 Å². The Balaban J connectivity index is 1.39. The first-order valence-electron chi connectivity index (χ1n) is 11.9. The molecule has 6 nitrogen and oxygen atoms in total. The van der Waals surface area contributed by atoms with Crippen molar-refractivity contribution in [2.45, 2.75) is 71.5 Å². The standard InChI is InChI=1S/C24H32BCl3N2O4/c1-12(2)8-18(25-33-17-10-13-9-16(23(13,3)4)24(17,5)34-25)30-19(31)11-29-22(32)14-6-7-15(26)21(28)20(14)27/h6-7,12-13,16-18H,8-11H2,1-5H3,(H,29,32)(H,30,31)/t13-,16-,17?,18-,24-/m0/s1. The van der Waals surface area contributed by atoms with Crippen molar-refractivity contribution in [3.8, 4) is 0 Å². The van der Waals surface area contributed by atoms with Gasteiger partial charge in [-0.2, -0.15) is 0 Å². The van der Waals surface area contributed by atoms with Gasteiger partial charge in [0.2, 0.25) is 5.91 Å². The van der Waals surface area contributed by atoms with Gasteiger partial charge < -0.3 is 19.9 Å². The molecule has 1 heterocycles. The van der Waals surface area contributed by atoms with Crippen LogP contribution in [0.4, 0.5) is 0 Å². The number of rotatable bonds is 7. The molecule has 5 atom stereocenters. The van der Waals surface area contributed by atoms with Crippen molar-refractivity contribution in [1.82, 2.24) is 10.6 Å². The molecular formula is C24H32BCl3N2O4. The first-order valence-corrected chi connectivity index (χ1v) is 13.0. The molecule has 1 aromatic carbocycles. The van der Waals surface area contributed by atoms with Gasteiger partial charge in [-0.15, -0.1) is 0 Å². The second-order valence-corrected chi connectivity index (χ2v) is 12.2. The molecule has 3 saturated carbocycles. The van der Waals surface area contributed by atoms with Gasteiger partial charge in [0, 0.05) is 0 Å². The van der Waals surface area contributed by atoms with Gasteiger partial charge in [-0.05, 0) is 61.5 Å². The molecule has 10 heteroatoms. The zero-order chi connectivity index (χ0) is 25.0. The Kier molecular flexibility index (Phi) is 7.27. The van der Waals surface area contributed by atoms with Gasteiger partial charge in [0.15, 0.2) is 0 Å². The lowest BCUT2D eigenvalue weighted by molar-refractivity contribution is -0.199. The number of carbonyl (C=O) groups excluding carboxylic acids is 2. The van der Waals surface area contributed by atoms with Gasteiger partial charge in [-0.1, -0.05) is 62.5 Å². The molecule has 1 saturated heterocycles. The fourth-order valence-corrected chi connectivity index (χ4v) is 6.65. The molecule has 5 rings (SSSR count).